The van der Waals surface area contributed by atoms with Crippen LogP contribution in [0.4, 0.5) is 0 Å². The van der Waals surface area contributed by atoms with Gasteiger partial charge in [-0.1, -0.05) is 13.8 Å². The van der Waals surface area contributed by atoms with Gasteiger partial charge in [0.1, 0.15) is 0 Å². The molecule has 35 heavy (non-hydrogen) atoms. The summed E-state index contributed by atoms with van der Waals surface area (Å²) in [7, 11) is 0. The topological polar surface area (TPSA) is 159 Å². The number of aliphatic hydroxyl groups is 7. The van der Waals surface area contributed by atoms with Crippen molar-refractivity contribution in [2.24, 2.45) is 22.7 Å². The number of fused-ring (bicyclic) bond motifs is 5. The first-order valence-electron chi connectivity index (χ1n) is 13.0. The second-order valence-corrected chi connectivity index (χ2v) is 13.3. The normalized spacial score (nSPS) is 48.3. The summed E-state index contributed by atoms with van der Waals surface area (Å²) in [6.45, 7) is 8.50. The average molecular weight is 497 g/mol. The minimum absolute atomic E-state index is 0.0437. The first-order chi connectivity index (χ1) is 15.8. The number of carbonyl (C=O) groups is 1. The molecular weight excluding hydrogens is 452 g/mol. The van der Waals surface area contributed by atoms with Crippen LogP contribution in [0.15, 0.2) is 11.6 Å². The van der Waals surface area contributed by atoms with Gasteiger partial charge in [0.05, 0.1) is 40.7 Å². The van der Waals surface area contributed by atoms with Gasteiger partial charge >= 0.3 is 0 Å². The molecular formula is C27H44O8. The Labute approximate surface area is 207 Å². The second-order valence-electron chi connectivity index (χ2n) is 13.3. The van der Waals surface area contributed by atoms with Crippen molar-refractivity contribution in [3.63, 3.8) is 0 Å². The first kappa shape index (κ1) is 27.2. The van der Waals surface area contributed by atoms with Gasteiger partial charge in [-0.15, -0.1) is 0 Å². The maximum absolute atomic E-state index is 13.3. The molecule has 0 saturated heterocycles. The van der Waals surface area contributed by atoms with Crippen LogP contribution in [0.1, 0.15) is 86.0 Å². The summed E-state index contributed by atoms with van der Waals surface area (Å²) in [5.41, 5.74) is -7.38. The monoisotopic (exact) mass is 496 g/mol. The van der Waals surface area contributed by atoms with Crippen LogP contribution in [0.5, 0.6) is 0 Å². The smallest absolute Gasteiger partial charge is 0.159 e. The molecule has 8 nitrogen and oxygen atoms in total. The molecule has 0 heterocycles. The minimum Gasteiger partial charge on any atom is -0.390 e. The number of hydrogen-bond acceptors (Lipinski definition) is 8. The van der Waals surface area contributed by atoms with Crippen molar-refractivity contribution in [2.75, 3.05) is 0 Å². The molecule has 0 bridgehead atoms. The predicted octanol–water partition coefficient (Wildman–Crippen LogP) is 0.969. The van der Waals surface area contributed by atoms with Crippen LogP contribution in [0.2, 0.25) is 0 Å². The van der Waals surface area contributed by atoms with Crippen molar-refractivity contribution in [3.05, 3.63) is 11.6 Å². The van der Waals surface area contributed by atoms with Gasteiger partial charge < -0.3 is 35.7 Å². The molecule has 8 heteroatoms. The van der Waals surface area contributed by atoms with Gasteiger partial charge in [-0.05, 0) is 89.7 Å². The Hall–Kier alpha value is -0.870. The molecule has 0 aromatic carbocycles. The zero-order valence-corrected chi connectivity index (χ0v) is 21.7. The van der Waals surface area contributed by atoms with Gasteiger partial charge in [0.2, 0.25) is 0 Å². The molecule has 200 valence electrons. The predicted molar refractivity (Wildman–Crippen MR) is 128 cm³/mol. The number of carbonyl (C=O) groups excluding carboxylic acids is 1. The summed E-state index contributed by atoms with van der Waals surface area (Å²) >= 11 is 0. The Bertz CT molecular complexity index is 907. The zero-order valence-electron chi connectivity index (χ0n) is 21.7. The van der Waals surface area contributed by atoms with Crippen molar-refractivity contribution in [1.82, 2.24) is 0 Å². The first-order valence-corrected chi connectivity index (χ1v) is 13.0. The number of hydrogen-bond donors (Lipinski definition) is 7. The SMILES string of the molecule is CC(C)(O)CCC(O)[C@](C)(O)[C@H]1CC[C@@]2(O)C3=CC(=O)[C@@H]4C[C@@H](O)[C@@H](O)C[C@]4(C)[C@@]3(O)CC[C@]12C. The highest BCUT2D eigenvalue weighted by atomic mass is 16.3. The summed E-state index contributed by atoms with van der Waals surface area (Å²) < 4.78 is 0. The van der Waals surface area contributed by atoms with Crippen LogP contribution in [0.25, 0.3) is 0 Å². The summed E-state index contributed by atoms with van der Waals surface area (Å²) in [6, 6.07) is 0. The maximum atomic E-state index is 13.3. The van der Waals surface area contributed by atoms with Gasteiger partial charge in [-0.2, -0.15) is 0 Å². The Morgan fingerprint density at radius 2 is 1.60 bits per heavy atom. The van der Waals surface area contributed by atoms with Crippen LogP contribution in [0, 0.1) is 22.7 Å². The highest BCUT2D eigenvalue weighted by molar-refractivity contribution is 5.95. The summed E-state index contributed by atoms with van der Waals surface area (Å²) in [5, 5.41) is 77.6. The van der Waals surface area contributed by atoms with E-state index in [-0.39, 0.29) is 43.5 Å². The second kappa shape index (κ2) is 8.06. The Balaban J connectivity index is 1.71. The Morgan fingerprint density at radius 3 is 2.20 bits per heavy atom. The standard InChI is InChI=1S/C27H44O8/c1-22(2,32)8-7-21(31)25(5,33)19-6-9-26(34)20-13-16(28)15-12-17(29)18(30)14-24(15,4)27(20,35)11-10-23(19,26)3/h13,15,17-19,21,29-35H,6-12,14H2,1-5H3/t15-,17+,18-,19-,21?,23+,24-,25+,26+,27+/m0/s1. The van der Waals surface area contributed by atoms with Crippen molar-refractivity contribution in [2.45, 2.75) is 127 Å². The third-order valence-corrected chi connectivity index (χ3v) is 10.7. The van der Waals surface area contributed by atoms with E-state index in [0.29, 0.717) is 19.3 Å². The van der Waals surface area contributed by atoms with E-state index < -0.39 is 63.4 Å². The maximum Gasteiger partial charge on any atom is 0.159 e. The van der Waals surface area contributed by atoms with Crippen LogP contribution in [0.3, 0.4) is 0 Å². The number of rotatable bonds is 5. The number of aliphatic hydroxyl groups excluding tert-OH is 3. The fourth-order valence-corrected chi connectivity index (χ4v) is 8.27. The largest absolute Gasteiger partial charge is 0.390 e. The van der Waals surface area contributed by atoms with Gasteiger partial charge in [0.25, 0.3) is 0 Å². The van der Waals surface area contributed by atoms with Crippen LogP contribution < -0.4 is 0 Å². The van der Waals surface area contributed by atoms with E-state index >= 15 is 0 Å². The van der Waals surface area contributed by atoms with Gasteiger partial charge in [-0.25, -0.2) is 0 Å². The number of allylic oxidation sites excluding steroid dienone is 1. The molecule has 3 saturated carbocycles. The van der Waals surface area contributed by atoms with Crippen LogP contribution in [-0.4, -0.2) is 82.2 Å². The molecule has 4 aliphatic carbocycles. The summed E-state index contributed by atoms with van der Waals surface area (Å²) in [4.78, 5) is 13.3. The molecule has 0 aromatic heterocycles. The molecule has 0 aromatic rings. The lowest BCUT2D eigenvalue weighted by molar-refractivity contribution is -0.216. The molecule has 4 rings (SSSR count). The lowest BCUT2D eigenvalue weighted by Crippen LogP contribution is -2.70. The molecule has 7 N–H and O–H groups in total. The fraction of sp³-hybridized carbons (Fsp3) is 0.889. The number of ketones is 1. The molecule has 10 atom stereocenters. The van der Waals surface area contributed by atoms with Crippen LogP contribution in [-0.2, 0) is 4.79 Å². The zero-order chi connectivity index (χ0) is 26.4. The van der Waals surface area contributed by atoms with E-state index in [1.54, 1.807) is 27.7 Å². The fourth-order valence-electron chi connectivity index (χ4n) is 8.27. The quantitative estimate of drug-likeness (QED) is 0.297. The minimum atomic E-state index is -1.57. The Morgan fingerprint density at radius 1 is 1.00 bits per heavy atom. The molecule has 0 radical (unpaired) electrons. The lowest BCUT2D eigenvalue weighted by atomic mass is 9.43. The highest BCUT2D eigenvalue weighted by Gasteiger charge is 2.73. The van der Waals surface area contributed by atoms with E-state index in [4.69, 9.17) is 0 Å². The van der Waals surface area contributed by atoms with Gasteiger partial charge in [0.15, 0.2) is 5.78 Å². The molecule has 0 spiro atoms. The molecule has 0 aliphatic heterocycles. The molecule has 3 fully saturated rings. The van der Waals surface area contributed by atoms with Crippen molar-refractivity contribution in [1.29, 1.82) is 0 Å². The Kier molecular flexibility index (Phi) is 6.26. The molecule has 4 aliphatic rings. The molecule has 1 unspecified atom stereocenters. The van der Waals surface area contributed by atoms with Crippen molar-refractivity contribution >= 4 is 5.78 Å². The highest BCUT2D eigenvalue weighted by Crippen LogP contribution is 2.69. The third kappa shape index (κ3) is 3.70. The summed E-state index contributed by atoms with van der Waals surface area (Å²) in [6.07, 6.45) is -0.101. The van der Waals surface area contributed by atoms with Gasteiger partial charge in [-0.3, -0.25) is 4.79 Å². The van der Waals surface area contributed by atoms with Gasteiger partial charge in [0, 0.05) is 16.7 Å². The van der Waals surface area contributed by atoms with E-state index in [9.17, 15) is 40.5 Å². The van der Waals surface area contributed by atoms with Crippen molar-refractivity contribution < 1.29 is 40.5 Å². The lowest BCUT2D eigenvalue weighted by Gasteiger charge is -2.64. The van der Waals surface area contributed by atoms with E-state index in [1.807, 2.05) is 6.92 Å². The summed E-state index contributed by atoms with van der Waals surface area (Å²) in [5.74, 6) is -1.44. The average Bonchev–Trinajstić information content (AvgIpc) is 3.02. The van der Waals surface area contributed by atoms with Crippen molar-refractivity contribution in [3.8, 4) is 0 Å². The van der Waals surface area contributed by atoms with E-state index in [0.717, 1.165) is 0 Å². The van der Waals surface area contributed by atoms with E-state index in [2.05, 4.69) is 0 Å². The van der Waals surface area contributed by atoms with E-state index in [1.165, 1.54) is 6.08 Å². The third-order valence-electron chi connectivity index (χ3n) is 10.7. The molecule has 0 amide bonds. The van der Waals surface area contributed by atoms with Crippen LogP contribution >= 0.6 is 0 Å².